The summed E-state index contributed by atoms with van der Waals surface area (Å²) in [4.78, 5) is 2.57. The van der Waals surface area contributed by atoms with E-state index in [2.05, 4.69) is 93.5 Å². The Balaban J connectivity index is 1.45. The molecule has 1 aliphatic carbocycles. The lowest BCUT2D eigenvalue weighted by Crippen LogP contribution is -2.47. The van der Waals surface area contributed by atoms with Crippen LogP contribution >= 0.6 is 0 Å². The van der Waals surface area contributed by atoms with Gasteiger partial charge in [-0.25, -0.2) is 0 Å². The number of hydrogen-bond donors (Lipinski definition) is 1. The summed E-state index contributed by atoms with van der Waals surface area (Å²) >= 11 is 0. The molecule has 1 saturated carbocycles. The SMILES string of the molecule is C=C(Nc1ccc(C(=C)N2CCC3CCCCC3(C)C2)c(CC)c1)c1ccc(CC(C)C)cc1. The first-order valence-corrected chi connectivity index (χ1v) is 13.4. The van der Waals surface area contributed by atoms with Crippen molar-refractivity contribution in [2.45, 2.75) is 72.6 Å². The highest BCUT2D eigenvalue weighted by Gasteiger charge is 2.41. The zero-order valence-electron chi connectivity index (χ0n) is 21.9. The third-order valence-electron chi connectivity index (χ3n) is 8.26. The van der Waals surface area contributed by atoms with Crippen LogP contribution in [-0.2, 0) is 12.8 Å². The van der Waals surface area contributed by atoms with Crippen LogP contribution < -0.4 is 5.32 Å². The molecule has 1 heterocycles. The quantitative estimate of drug-likeness (QED) is 0.429. The van der Waals surface area contributed by atoms with E-state index in [0.717, 1.165) is 48.8 Å². The highest BCUT2D eigenvalue weighted by atomic mass is 15.2. The first-order valence-electron chi connectivity index (χ1n) is 13.4. The molecule has 34 heavy (non-hydrogen) atoms. The molecule has 1 saturated heterocycles. The topological polar surface area (TPSA) is 15.3 Å². The molecule has 2 aromatic rings. The minimum absolute atomic E-state index is 0.454. The Hall–Kier alpha value is -2.48. The van der Waals surface area contributed by atoms with E-state index >= 15 is 0 Å². The first-order chi connectivity index (χ1) is 16.3. The summed E-state index contributed by atoms with van der Waals surface area (Å²) in [5, 5.41) is 3.54. The zero-order valence-corrected chi connectivity index (χ0v) is 21.9. The number of nitrogens with zero attached hydrogens (tertiary/aromatic N) is 1. The van der Waals surface area contributed by atoms with Gasteiger partial charge in [0.15, 0.2) is 0 Å². The Bertz CT molecular complexity index is 1020. The molecule has 2 aromatic carbocycles. The Kier molecular flexibility index (Phi) is 7.55. The molecule has 2 unspecified atom stereocenters. The average Bonchev–Trinajstić information content (AvgIpc) is 2.82. The largest absolute Gasteiger partial charge is 0.371 e. The standard InChI is InChI=1S/C32H44N2/c1-7-27-21-30(33-24(4)28-13-11-26(12-14-28)20-23(2)3)15-16-31(27)25(5)34-19-17-29-10-8-9-18-32(29,6)22-34/h11-16,21,23,29,33H,4-5,7-10,17-20,22H2,1-3,6H3. The maximum absolute atomic E-state index is 4.58. The van der Waals surface area contributed by atoms with Crippen molar-refractivity contribution in [3.63, 3.8) is 0 Å². The van der Waals surface area contributed by atoms with Crippen LogP contribution in [0.4, 0.5) is 5.69 Å². The minimum atomic E-state index is 0.454. The summed E-state index contributed by atoms with van der Waals surface area (Å²) in [6.07, 6.45) is 9.01. The highest BCUT2D eigenvalue weighted by Crippen LogP contribution is 2.47. The van der Waals surface area contributed by atoms with E-state index in [1.54, 1.807) is 0 Å². The molecule has 1 N–H and O–H groups in total. The van der Waals surface area contributed by atoms with Crippen molar-refractivity contribution in [2.75, 3.05) is 18.4 Å². The third kappa shape index (κ3) is 5.43. The van der Waals surface area contributed by atoms with Gasteiger partial charge in [-0.1, -0.05) is 84.0 Å². The Morgan fingerprint density at radius 2 is 1.85 bits per heavy atom. The molecule has 2 fully saturated rings. The van der Waals surface area contributed by atoms with Crippen molar-refractivity contribution in [1.82, 2.24) is 4.90 Å². The number of hydrogen-bond acceptors (Lipinski definition) is 2. The van der Waals surface area contributed by atoms with E-state index in [0.29, 0.717) is 11.3 Å². The van der Waals surface area contributed by atoms with E-state index < -0.39 is 0 Å². The molecule has 0 spiro atoms. The molecule has 0 amide bonds. The van der Waals surface area contributed by atoms with Gasteiger partial charge in [-0.05, 0) is 78.2 Å². The van der Waals surface area contributed by atoms with Crippen LogP contribution in [0.15, 0.2) is 55.6 Å². The first kappa shape index (κ1) is 24.6. The number of nitrogens with one attached hydrogen (secondary N) is 1. The van der Waals surface area contributed by atoms with E-state index in [-0.39, 0.29) is 0 Å². The molecule has 2 aliphatic rings. The van der Waals surface area contributed by atoms with Gasteiger partial charge in [-0.2, -0.15) is 0 Å². The fraction of sp³-hybridized carbons (Fsp3) is 0.500. The molecule has 2 atom stereocenters. The molecule has 1 aliphatic heterocycles. The van der Waals surface area contributed by atoms with Gasteiger partial charge in [-0.15, -0.1) is 0 Å². The van der Waals surface area contributed by atoms with Crippen molar-refractivity contribution in [3.05, 3.63) is 77.9 Å². The molecule has 4 rings (SSSR count). The monoisotopic (exact) mass is 456 g/mol. The Labute approximate surface area is 208 Å². The lowest BCUT2D eigenvalue weighted by Gasteiger charge is -2.50. The maximum Gasteiger partial charge on any atom is 0.0387 e. The molecular weight excluding hydrogens is 412 g/mol. The molecule has 0 bridgehead atoms. The van der Waals surface area contributed by atoms with Gasteiger partial charge in [0.2, 0.25) is 0 Å². The highest BCUT2D eigenvalue weighted by molar-refractivity contribution is 5.77. The summed E-state index contributed by atoms with van der Waals surface area (Å²) < 4.78 is 0. The molecule has 2 nitrogen and oxygen atoms in total. The van der Waals surface area contributed by atoms with E-state index in [4.69, 9.17) is 0 Å². The van der Waals surface area contributed by atoms with Gasteiger partial charge in [-0.3, -0.25) is 0 Å². The number of anilines is 1. The predicted molar refractivity (Wildman–Crippen MR) is 149 cm³/mol. The Morgan fingerprint density at radius 1 is 1.09 bits per heavy atom. The smallest absolute Gasteiger partial charge is 0.0387 e. The van der Waals surface area contributed by atoms with Crippen molar-refractivity contribution < 1.29 is 0 Å². The second-order valence-electron chi connectivity index (χ2n) is 11.4. The number of fused-ring (bicyclic) bond motifs is 1. The zero-order chi connectivity index (χ0) is 24.3. The van der Waals surface area contributed by atoms with Crippen molar-refractivity contribution >= 4 is 17.1 Å². The molecule has 182 valence electrons. The molecular formula is C32H44N2. The summed E-state index contributed by atoms with van der Waals surface area (Å²) in [7, 11) is 0. The van der Waals surface area contributed by atoms with Gasteiger partial charge in [0.05, 0.1) is 0 Å². The second-order valence-corrected chi connectivity index (χ2v) is 11.4. The minimum Gasteiger partial charge on any atom is -0.371 e. The van der Waals surface area contributed by atoms with Gasteiger partial charge in [0.25, 0.3) is 0 Å². The number of benzene rings is 2. The number of likely N-dealkylation sites (tertiary alicyclic amines) is 1. The normalized spacial score (nSPS) is 22.4. The predicted octanol–water partition coefficient (Wildman–Crippen LogP) is 8.40. The fourth-order valence-electron chi connectivity index (χ4n) is 6.21. The summed E-state index contributed by atoms with van der Waals surface area (Å²) in [5.74, 6) is 1.57. The van der Waals surface area contributed by atoms with Gasteiger partial charge in [0, 0.05) is 35.7 Å². The molecule has 0 radical (unpaired) electrons. The van der Waals surface area contributed by atoms with Gasteiger partial charge >= 0.3 is 0 Å². The van der Waals surface area contributed by atoms with Crippen LogP contribution in [0.25, 0.3) is 11.4 Å². The van der Waals surface area contributed by atoms with Crippen LogP contribution in [0.2, 0.25) is 0 Å². The van der Waals surface area contributed by atoms with Crippen LogP contribution in [0, 0.1) is 17.3 Å². The van der Waals surface area contributed by atoms with Crippen molar-refractivity contribution in [3.8, 4) is 0 Å². The van der Waals surface area contributed by atoms with Crippen molar-refractivity contribution in [1.29, 1.82) is 0 Å². The van der Waals surface area contributed by atoms with Crippen LogP contribution in [-0.4, -0.2) is 18.0 Å². The molecule has 2 heteroatoms. The van der Waals surface area contributed by atoms with Crippen molar-refractivity contribution in [2.24, 2.45) is 17.3 Å². The second kappa shape index (κ2) is 10.4. The van der Waals surface area contributed by atoms with E-state index in [1.807, 2.05) is 0 Å². The average molecular weight is 457 g/mol. The van der Waals surface area contributed by atoms with Crippen LogP contribution in [0.1, 0.15) is 82.1 Å². The summed E-state index contributed by atoms with van der Waals surface area (Å²) in [5.41, 5.74) is 8.88. The number of aryl methyl sites for hydroxylation is 1. The summed E-state index contributed by atoms with van der Waals surface area (Å²) in [6, 6.07) is 15.5. The fourth-order valence-corrected chi connectivity index (χ4v) is 6.21. The van der Waals surface area contributed by atoms with Gasteiger partial charge < -0.3 is 10.2 Å². The molecule has 0 aromatic heterocycles. The van der Waals surface area contributed by atoms with Crippen LogP contribution in [0.3, 0.4) is 0 Å². The third-order valence-corrected chi connectivity index (χ3v) is 8.26. The number of piperidine rings is 1. The number of rotatable bonds is 8. The van der Waals surface area contributed by atoms with Gasteiger partial charge in [0.1, 0.15) is 0 Å². The van der Waals surface area contributed by atoms with Crippen LogP contribution in [0.5, 0.6) is 0 Å². The lowest BCUT2D eigenvalue weighted by molar-refractivity contribution is 0.0337. The lowest BCUT2D eigenvalue weighted by atomic mass is 9.64. The summed E-state index contributed by atoms with van der Waals surface area (Å²) in [6.45, 7) is 20.5. The Morgan fingerprint density at radius 3 is 2.56 bits per heavy atom. The van der Waals surface area contributed by atoms with E-state index in [9.17, 15) is 0 Å². The van der Waals surface area contributed by atoms with E-state index in [1.165, 1.54) is 54.5 Å². The maximum atomic E-state index is 4.58.